The van der Waals surface area contributed by atoms with E-state index in [2.05, 4.69) is 0 Å². The van der Waals surface area contributed by atoms with Gasteiger partial charge in [-0.15, -0.1) is 0 Å². The molecule has 0 radical (unpaired) electrons. The molecule has 0 saturated heterocycles. The van der Waals surface area contributed by atoms with Crippen molar-refractivity contribution in [2.24, 2.45) is 5.73 Å². The quantitative estimate of drug-likeness (QED) is 0.436. The van der Waals surface area contributed by atoms with Gasteiger partial charge in [-0.25, -0.2) is 8.42 Å². The standard InChI is InChI=1S/C10H11NO6S2.Na/c11-10(19(15,16)17)6-2-3-7-8(10)4-1-5-9(7)18(12,13)14;/h1-5H,6,11H2,(H,12,13,14)(H,15,16,17);/q;+1/p-1. The van der Waals surface area contributed by atoms with E-state index in [4.69, 9.17) is 5.73 Å². The van der Waals surface area contributed by atoms with Gasteiger partial charge in [-0.1, -0.05) is 24.3 Å². The Balaban J connectivity index is 0.00000200. The maximum absolute atomic E-state index is 11.4. The summed E-state index contributed by atoms with van der Waals surface area (Å²) in [6.45, 7) is 0. The van der Waals surface area contributed by atoms with Crippen molar-refractivity contribution in [2.45, 2.75) is 16.2 Å². The minimum absolute atomic E-state index is 0. The molecule has 1 aliphatic rings. The summed E-state index contributed by atoms with van der Waals surface area (Å²) in [7, 11) is -9.44. The fraction of sp³-hybridized carbons (Fsp3) is 0.200. The van der Waals surface area contributed by atoms with Crippen LogP contribution in [0.25, 0.3) is 6.08 Å². The van der Waals surface area contributed by atoms with E-state index in [0.717, 1.165) is 6.07 Å². The molecule has 1 aromatic carbocycles. The van der Waals surface area contributed by atoms with Crippen LogP contribution in [0.5, 0.6) is 0 Å². The van der Waals surface area contributed by atoms with Crippen molar-refractivity contribution < 1.29 is 55.5 Å². The van der Waals surface area contributed by atoms with Crippen LogP contribution in [-0.2, 0) is 25.1 Å². The molecule has 0 aromatic heterocycles. The van der Waals surface area contributed by atoms with E-state index in [1.54, 1.807) is 0 Å². The molecule has 0 heterocycles. The van der Waals surface area contributed by atoms with Crippen LogP contribution in [-0.4, -0.2) is 25.9 Å². The minimum Gasteiger partial charge on any atom is -0.744 e. The average Bonchev–Trinajstić information content (AvgIpc) is 2.26. The van der Waals surface area contributed by atoms with Gasteiger partial charge in [0.15, 0.2) is 4.87 Å². The predicted octanol–water partition coefficient (Wildman–Crippen LogP) is -2.99. The third kappa shape index (κ3) is 2.85. The van der Waals surface area contributed by atoms with Crippen LogP contribution in [0, 0.1) is 0 Å². The van der Waals surface area contributed by atoms with Crippen LogP contribution in [0.15, 0.2) is 29.2 Å². The minimum atomic E-state index is -4.77. The zero-order valence-corrected chi connectivity index (χ0v) is 14.1. The molecule has 0 spiro atoms. The van der Waals surface area contributed by atoms with E-state index in [1.165, 1.54) is 24.3 Å². The Morgan fingerprint density at radius 3 is 2.35 bits per heavy atom. The second kappa shape index (κ2) is 5.50. The molecular weight excluding hydrogens is 317 g/mol. The molecule has 7 nitrogen and oxygen atoms in total. The molecule has 1 aliphatic carbocycles. The van der Waals surface area contributed by atoms with Gasteiger partial charge >= 0.3 is 29.6 Å². The van der Waals surface area contributed by atoms with Crippen molar-refractivity contribution in [2.75, 3.05) is 0 Å². The third-order valence-corrected chi connectivity index (χ3v) is 5.16. The summed E-state index contributed by atoms with van der Waals surface area (Å²) in [5, 5.41) is 0. The summed E-state index contributed by atoms with van der Waals surface area (Å²) in [5.74, 6) is 0. The SMILES string of the molecule is NC1(S(=O)(=O)O)CC=Cc2c1cccc2S(=O)(=O)[O-].[Na+]. The summed E-state index contributed by atoms with van der Waals surface area (Å²) in [6, 6.07) is 3.53. The number of hydrogen-bond acceptors (Lipinski definition) is 6. The Bertz CT molecular complexity index is 771. The largest absolute Gasteiger partial charge is 1.00 e. The molecule has 1 atom stereocenters. The normalized spacial score (nSPS) is 21.9. The first-order valence-corrected chi connectivity index (χ1v) is 7.94. The molecule has 1 unspecified atom stereocenters. The van der Waals surface area contributed by atoms with Gasteiger partial charge in [0, 0.05) is 6.42 Å². The van der Waals surface area contributed by atoms with Crippen LogP contribution in [0.3, 0.4) is 0 Å². The number of fused-ring (bicyclic) bond motifs is 1. The summed E-state index contributed by atoms with van der Waals surface area (Å²) in [5.41, 5.74) is 5.45. The second-order valence-corrected chi connectivity index (χ2v) is 7.17. The van der Waals surface area contributed by atoms with Gasteiger partial charge in [0.25, 0.3) is 10.1 Å². The van der Waals surface area contributed by atoms with Crippen LogP contribution >= 0.6 is 0 Å². The molecule has 2 rings (SSSR count). The van der Waals surface area contributed by atoms with Crippen molar-refractivity contribution in [1.82, 2.24) is 0 Å². The van der Waals surface area contributed by atoms with Gasteiger partial charge in [0.1, 0.15) is 10.1 Å². The summed E-state index contributed by atoms with van der Waals surface area (Å²) in [6.07, 6.45) is 2.38. The Hall–Kier alpha value is -0.260. The molecule has 104 valence electrons. The van der Waals surface area contributed by atoms with E-state index in [9.17, 15) is 25.9 Å². The molecule has 1 aromatic rings. The molecule has 0 fully saturated rings. The van der Waals surface area contributed by atoms with Crippen LogP contribution < -0.4 is 35.3 Å². The van der Waals surface area contributed by atoms with Gasteiger partial charge in [-0.3, -0.25) is 4.55 Å². The van der Waals surface area contributed by atoms with Gasteiger partial charge in [0.2, 0.25) is 0 Å². The number of hydrogen-bond donors (Lipinski definition) is 2. The molecule has 0 bridgehead atoms. The number of nitrogens with two attached hydrogens (primary N) is 1. The van der Waals surface area contributed by atoms with E-state index in [-0.39, 0.29) is 47.1 Å². The van der Waals surface area contributed by atoms with Gasteiger partial charge in [0.05, 0.1) is 4.90 Å². The van der Waals surface area contributed by atoms with Crippen LogP contribution in [0.4, 0.5) is 0 Å². The maximum Gasteiger partial charge on any atom is 1.00 e. The Labute approximate surface area is 138 Å². The Morgan fingerprint density at radius 2 is 1.85 bits per heavy atom. The molecule has 0 amide bonds. The Morgan fingerprint density at radius 1 is 1.25 bits per heavy atom. The average molecular weight is 327 g/mol. The van der Waals surface area contributed by atoms with E-state index in [0.29, 0.717) is 0 Å². The smallest absolute Gasteiger partial charge is 0.744 e. The predicted molar refractivity (Wildman–Crippen MR) is 65.5 cm³/mol. The monoisotopic (exact) mass is 327 g/mol. The fourth-order valence-electron chi connectivity index (χ4n) is 2.01. The number of benzene rings is 1. The van der Waals surface area contributed by atoms with Crippen molar-refractivity contribution in [3.63, 3.8) is 0 Å². The van der Waals surface area contributed by atoms with Crippen LogP contribution in [0.2, 0.25) is 0 Å². The second-order valence-electron chi connectivity index (χ2n) is 4.14. The fourth-order valence-corrected chi connectivity index (χ4v) is 3.46. The van der Waals surface area contributed by atoms with E-state index >= 15 is 0 Å². The van der Waals surface area contributed by atoms with E-state index in [1.807, 2.05) is 0 Å². The molecule has 0 aliphatic heterocycles. The first-order valence-electron chi connectivity index (χ1n) is 5.09. The number of rotatable bonds is 2. The zero-order valence-electron chi connectivity index (χ0n) is 10.5. The van der Waals surface area contributed by atoms with Crippen molar-refractivity contribution in [3.05, 3.63) is 35.4 Å². The first-order chi connectivity index (χ1) is 8.57. The zero-order chi connectivity index (χ0) is 14.5. The molecular formula is C10H10NNaO6S2. The summed E-state index contributed by atoms with van der Waals surface area (Å²) in [4.78, 5) is -2.72. The Kier molecular flexibility index (Phi) is 4.89. The van der Waals surface area contributed by atoms with Crippen molar-refractivity contribution in [1.29, 1.82) is 0 Å². The van der Waals surface area contributed by atoms with Gasteiger partial charge in [-0.05, 0) is 17.2 Å². The molecule has 0 saturated carbocycles. The van der Waals surface area contributed by atoms with Gasteiger partial charge < -0.3 is 10.3 Å². The summed E-state index contributed by atoms with van der Waals surface area (Å²) < 4.78 is 65.4. The van der Waals surface area contributed by atoms with Crippen molar-refractivity contribution in [3.8, 4) is 0 Å². The van der Waals surface area contributed by atoms with Crippen LogP contribution in [0.1, 0.15) is 17.5 Å². The maximum atomic E-state index is 11.4. The third-order valence-electron chi connectivity index (χ3n) is 2.96. The first kappa shape index (κ1) is 17.8. The summed E-state index contributed by atoms with van der Waals surface area (Å²) >= 11 is 0. The molecule has 20 heavy (non-hydrogen) atoms. The molecule has 3 N–H and O–H groups in total. The topological polar surface area (TPSA) is 138 Å². The van der Waals surface area contributed by atoms with Gasteiger partial charge in [-0.2, -0.15) is 8.42 Å². The van der Waals surface area contributed by atoms with Crippen molar-refractivity contribution >= 4 is 26.3 Å². The molecule has 10 heteroatoms. The van der Waals surface area contributed by atoms with E-state index < -0.39 is 30.0 Å².